The smallest absolute Gasteiger partial charge is 0.339 e. The zero-order valence-electron chi connectivity index (χ0n) is 25.9. The van der Waals surface area contributed by atoms with Gasteiger partial charge in [0, 0.05) is 24.7 Å². The fourth-order valence-corrected chi connectivity index (χ4v) is 7.35. The van der Waals surface area contributed by atoms with Crippen LogP contribution in [0.4, 0.5) is 0 Å². The first-order chi connectivity index (χ1) is 19.1. The topological polar surface area (TPSA) is 48.0 Å². The number of rotatable bonds is 6. The Balaban J connectivity index is 1.72. The van der Waals surface area contributed by atoms with E-state index >= 15 is 0 Å². The summed E-state index contributed by atoms with van der Waals surface area (Å²) < 4.78 is 18.3. The van der Waals surface area contributed by atoms with E-state index < -0.39 is 11.7 Å². The van der Waals surface area contributed by atoms with Gasteiger partial charge in [-0.05, 0) is 131 Å². The highest BCUT2D eigenvalue weighted by Gasteiger charge is 2.37. The molecule has 218 valence electrons. The molecule has 1 unspecified atom stereocenters. The summed E-state index contributed by atoms with van der Waals surface area (Å²) in [5.41, 5.74) is 10.7. The Hall–Kier alpha value is -2.37. The lowest BCUT2D eigenvalue weighted by molar-refractivity contribution is -0.166. The third-order valence-electron chi connectivity index (χ3n) is 9.31. The zero-order valence-corrected chi connectivity index (χ0v) is 25.9. The Morgan fingerprint density at radius 1 is 0.975 bits per heavy atom. The second-order valence-corrected chi connectivity index (χ2v) is 13.0. The number of hydrogen-bond donors (Lipinski definition) is 0. The minimum Gasteiger partial charge on any atom is -0.493 e. The van der Waals surface area contributed by atoms with Gasteiger partial charge in [-0.1, -0.05) is 25.3 Å². The van der Waals surface area contributed by atoms with Crippen molar-refractivity contribution in [3.05, 3.63) is 51.1 Å². The van der Waals surface area contributed by atoms with Crippen molar-refractivity contribution in [1.82, 2.24) is 4.90 Å². The summed E-state index contributed by atoms with van der Waals surface area (Å²) in [6.45, 7) is 17.8. The summed E-state index contributed by atoms with van der Waals surface area (Å²) in [6.07, 6.45) is 8.95. The molecule has 3 aliphatic rings. The number of benzene rings is 2. The normalized spacial score (nSPS) is 19.0. The van der Waals surface area contributed by atoms with Gasteiger partial charge in [-0.3, -0.25) is 4.90 Å². The Bertz CT molecular complexity index is 1250. The van der Waals surface area contributed by atoms with Crippen molar-refractivity contribution >= 4 is 5.97 Å². The van der Waals surface area contributed by atoms with Crippen LogP contribution in [0.3, 0.4) is 0 Å². The standard InChI is InChI=1S/C35H49NO4/c1-8-38-34(37)33(40-35(5,6)7)32-23(3)26-18-19-36(25-13-10-9-11-14-25)21-29(26)24(4)31(32)28-16-17-30-27(22(28)2)15-12-20-39-30/h16-17,25,33H,8-15,18-21H2,1-7H3. The number of fused-ring (bicyclic) bond motifs is 2. The first-order valence-corrected chi connectivity index (χ1v) is 15.6. The molecule has 5 rings (SSSR count). The molecule has 40 heavy (non-hydrogen) atoms. The lowest BCUT2D eigenvalue weighted by Crippen LogP contribution is -2.41. The number of hydrogen-bond acceptors (Lipinski definition) is 5. The van der Waals surface area contributed by atoms with E-state index in [1.54, 1.807) is 0 Å². The molecule has 2 heterocycles. The molecule has 0 bridgehead atoms. The molecule has 1 atom stereocenters. The van der Waals surface area contributed by atoms with Gasteiger partial charge in [0.25, 0.3) is 0 Å². The van der Waals surface area contributed by atoms with Crippen molar-refractivity contribution in [3.8, 4) is 16.9 Å². The molecule has 0 amide bonds. The largest absolute Gasteiger partial charge is 0.493 e. The predicted octanol–water partition coefficient (Wildman–Crippen LogP) is 7.71. The monoisotopic (exact) mass is 547 g/mol. The number of ether oxygens (including phenoxy) is 3. The lowest BCUT2D eigenvalue weighted by atomic mass is 9.78. The van der Waals surface area contributed by atoms with Crippen LogP contribution in [0.1, 0.15) is 111 Å². The Morgan fingerprint density at radius 3 is 2.42 bits per heavy atom. The van der Waals surface area contributed by atoms with Gasteiger partial charge < -0.3 is 14.2 Å². The quantitative estimate of drug-likeness (QED) is 0.347. The van der Waals surface area contributed by atoms with Gasteiger partial charge >= 0.3 is 5.97 Å². The maximum absolute atomic E-state index is 13.6. The molecule has 5 heteroatoms. The van der Waals surface area contributed by atoms with E-state index in [0.717, 1.165) is 55.8 Å². The zero-order chi connectivity index (χ0) is 28.6. The molecule has 2 aliphatic heterocycles. The van der Waals surface area contributed by atoms with Gasteiger partial charge in [0.15, 0.2) is 6.10 Å². The molecular formula is C35H49NO4. The van der Waals surface area contributed by atoms with E-state index in [1.165, 1.54) is 71.0 Å². The lowest BCUT2D eigenvalue weighted by Gasteiger charge is -2.40. The fourth-order valence-electron chi connectivity index (χ4n) is 7.35. The molecule has 0 spiro atoms. The molecule has 2 aromatic rings. The average Bonchev–Trinajstić information content (AvgIpc) is 2.94. The Morgan fingerprint density at radius 2 is 1.73 bits per heavy atom. The van der Waals surface area contributed by atoms with E-state index in [2.05, 4.69) is 37.8 Å². The van der Waals surface area contributed by atoms with Crippen LogP contribution >= 0.6 is 0 Å². The second kappa shape index (κ2) is 11.9. The fraction of sp³-hybridized carbons (Fsp3) is 0.629. The second-order valence-electron chi connectivity index (χ2n) is 13.0. The minimum absolute atomic E-state index is 0.306. The molecule has 1 saturated carbocycles. The summed E-state index contributed by atoms with van der Waals surface area (Å²) in [6, 6.07) is 5.02. The summed E-state index contributed by atoms with van der Waals surface area (Å²) >= 11 is 0. The summed E-state index contributed by atoms with van der Waals surface area (Å²) in [4.78, 5) is 16.4. The summed E-state index contributed by atoms with van der Waals surface area (Å²) in [5.74, 6) is 0.692. The van der Waals surface area contributed by atoms with Crippen LogP contribution in [-0.2, 0) is 33.7 Å². The van der Waals surface area contributed by atoms with Crippen molar-refractivity contribution in [3.63, 3.8) is 0 Å². The van der Waals surface area contributed by atoms with Gasteiger partial charge in [-0.15, -0.1) is 0 Å². The highest BCUT2D eigenvalue weighted by molar-refractivity contribution is 5.86. The third kappa shape index (κ3) is 5.69. The maximum atomic E-state index is 13.6. The first-order valence-electron chi connectivity index (χ1n) is 15.6. The van der Waals surface area contributed by atoms with Crippen LogP contribution in [-0.4, -0.2) is 42.3 Å². The van der Waals surface area contributed by atoms with Gasteiger partial charge in [0.1, 0.15) is 5.75 Å². The Kier molecular flexibility index (Phi) is 8.63. The minimum atomic E-state index is -0.790. The number of esters is 1. The van der Waals surface area contributed by atoms with Crippen LogP contribution in [0.15, 0.2) is 12.1 Å². The number of carbonyl (C=O) groups excluding carboxylic acids is 1. The maximum Gasteiger partial charge on any atom is 0.339 e. The van der Waals surface area contributed by atoms with Crippen LogP contribution in [0.5, 0.6) is 5.75 Å². The summed E-state index contributed by atoms with van der Waals surface area (Å²) in [7, 11) is 0. The Labute approximate surface area is 241 Å². The van der Waals surface area contributed by atoms with Crippen molar-refractivity contribution in [2.24, 2.45) is 0 Å². The van der Waals surface area contributed by atoms with Gasteiger partial charge in [-0.25, -0.2) is 4.79 Å². The van der Waals surface area contributed by atoms with Gasteiger partial charge in [-0.2, -0.15) is 0 Å². The molecular weight excluding hydrogens is 498 g/mol. The van der Waals surface area contributed by atoms with E-state index in [9.17, 15) is 4.79 Å². The van der Waals surface area contributed by atoms with E-state index in [4.69, 9.17) is 14.2 Å². The van der Waals surface area contributed by atoms with Crippen LogP contribution in [0.25, 0.3) is 11.1 Å². The summed E-state index contributed by atoms with van der Waals surface area (Å²) in [5, 5.41) is 0. The van der Waals surface area contributed by atoms with E-state index in [0.29, 0.717) is 12.6 Å². The highest BCUT2D eigenvalue weighted by atomic mass is 16.6. The van der Waals surface area contributed by atoms with Crippen LogP contribution < -0.4 is 4.74 Å². The molecule has 1 aliphatic carbocycles. The van der Waals surface area contributed by atoms with Crippen LogP contribution in [0, 0.1) is 20.8 Å². The SMILES string of the molecule is CCOC(=O)C(OC(C)(C)C)c1c(C)c2c(c(C)c1-c1ccc3c(c1C)CCCO3)CN(C1CCCCC1)CC2. The van der Waals surface area contributed by atoms with Gasteiger partial charge in [0.2, 0.25) is 0 Å². The highest BCUT2D eigenvalue weighted by Crippen LogP contribution is 2.46. The number of nitrogens with zero attached hydrogens (tertiary/aromatic N) is 1. The van der Waals surface area contributed by atoms with Crippen molar-refractivity contribution in [2.75, 3.05) is 19.8 Å². The van der Waals surface area contributed by atoms with Crippen molar-refractivity contribution in [2.45, 2.75) is 124 Å². The van der Waals surface area contributed by atoms with Gasteiger partial charge in [0.05, 0.1) is 18.8 Å². The van der Waals surface area contributed by atoms with Crippen molar-refractivity contribution in [1.29, 1.82) is 0 Å². The molecule has 0 aromatic heterocycles. The predicted molar refractivity (Wildman–Crippen MR) is 161 cm³/mol. The molecule has 5 nitrogen and oxygen atoms in total. The molecule has 1 fully saturated rings. The third-order valence-corrected chi connectivity index (χ3v) is 9.31. The molecule has 0 N–H and O–H groups in total. The molecule has 0 radical (unpaired) electrons. The van der Waals surface area contributed by atoms with Crippen LogP contribution in [0.2, 0.25) is 0 Å². The number of carbonyl (C=O) groups is 1. The first kappa shape index (κ1) is 29.1. The molecule has 0 saturated heterocycles. The van der Waals surface area contributed by atoms with E-state index in [-0.39, 0.29) is 5.97 Å². The van der Waals surface area contributed by atoms with E-state index in [1.807, 2.05) is 27.7 Å². The van der Waals surface area contributed by atoms with Crippen molar-refractivity contribution < 1.29 is 19.0 Å². The molecule has 2 aromatic carbocycles. The average molecular weight is 548 g/mol.